The first kappa shape index (κ1) is 16.2. The van der Waals surface area contributed by atoms with Crippen LogP contribution >= 0.6 is 0 Å². The fourth-order valence-electron chi connectivity index (χ4n) is 2.83. The maximum Gasteiger partial charge on any atom is 0.415 e. The van der Waals surface area contributed by atoms with Gasteiger partial charge in [-0.25, -0.2) is 4.79 Å². The third-order valence-corrected chi connectivity index (χ3v) is 4.14. The minimum atomic E-state index is -0.559. The normalized spacial score (nSPS) is 17.4. The topological polar surface area (TPSA) is 58.6 Å². The molecule has 0 aromatic heterocycles. The Morgan fingerprint density at radius 1 is 1.08 bits per heavy atom. The number of piperazine rings is 1. The Labute approximate surface area is 141 Å². The fraction of sp³-hybridized carbons (Fsp3) is 0.263. The fourth-order valence-corrected chi connectivity index (χ4v) is 2.83. The van der Waals surface area contributed by atoms with Crippen molar-refractivity contribution in [3.8, 4) is 5.75 Å². The SMILES string of the molecule is Cc1ccccc1C(=O)C1CNCCN1C(=O)Oc1ccccc1. The van der Waals surface area contributed by atoms with Crippen molar-refractivity contribution < 1.29 is 14.3 Å². The Kier molecular flexibility index (Phi) is 4.91. The molecule has 0 spiro atoms. The molecule has 0 aliphatic carbocycles. The van der Waals surface area contributed by atoms with Gasteiger partial charge in [-0.15, -0.1) is 0 Å². The lowest BCUT2D eigenvalue weighted by atomic mass is 9.98. The van der Waals surface area contributed by atoms with Gasteiger partial charge < -0.3 is 10.1 Å². The van der Waals surface area contributed by atoms with Crippen molar-refractivity contribution in [2.24, 2.45) is 0 Å². The van der Waals surface area contributed by atoms with Crippen molar-refractivity contribution in [2.45, 2.75) is 13.0 Å². The predicted octanol–water partition coefficient (Wildman–Crippen LogP) is 2.65. The van der Waals surface area contributed by atoms with Crippen LogP contribution in [0.4, 0.5) is 4.79 Å². The molecule has 1 atom stereocenters. The van der Waals surface area contributed by atoms with Gasteiger partial charge in [0.05, 0.1) is 0 Å². The van der Waals surface area contributed by atoms with E-state index >= 15 is 0 Å². The van der Waals surface area contributed by atoms with Crippen molar-refractivity contribution in [2.75, 3.05) is 19.6 Å². The number of hydrogen-bond donors (Lipinski definition) is 1. The highest BCUT2D eigenvalue weighted by atomic mass is 16.6. The third-order valence-electron chi connectivity index (χ3n) is 4.14. The van der Waals surface area contributed by atoms with E-state index in [0.29, 0.717) is 30.9 Å². The molecule has 5 heteroatoms. The van der Waals surface area contributed by atoms with Gasteiger partial charge in [0, 0.05) is 25.2 Å². The number of carbonyl (C=O) groups excluding carboxylic acids is 2. The number of amides is 1. The van der Waals surface area contributed by atoms with Crippen LogP contribution in [0.15, 0.2) is 54.6 Å². The number of hydrogen-bond acceptors (Lipinski definition) is 4. The second-order valence-electron chi connectivity index (χ2n) is 5.77. The summed E-state index contributed by atoms with van der Waals surface area (Å²) in [4.78, 5) is 26.9. The number of ketones is 1. The summed E-state index contributed by atoms with van der Waals surface area (Å²) in [6.07, 6.45) is -0.491. The molecule has 0 saturated carbocycles. The smallest absolute Gasteiger partial charge is 0.410 e. The van der Waals surface area contributed by atoms with Gasteiger partial charge in [0.25, 0.3) is 0 Å². The highest BCUT2D eigenvalue weighted by molar-refractivity contribution is 6.03. The summed E-state index contributed by atoms with van der Waals surface area (Å²) in [7, 11) is 0. The van der Waals surface area contributed by atoms with Crippen molar-refractivity contribution in [3.05, 3.63) is 65.7 Å². The number of nitrogens with zero attached hydrogens (tertiary/aromatic N) is 1. The van der Waals surface area contributed by atoms with Gasteiger partial charge in [-0.05, 0) is 24.6 Å². The molecule has 2 aromatic rings. The predicted molar refractivity (Wildman–Crippen MR) is 91.3 cm³/mol. The molecule has 1 amide bonds. The first-order valence-electron chi connectivity index (χ1n) is 8.01. The van der Waals surface area contributed by atoms with Gasteiger partial charge in [0.2, 0.25) is 0 Å². The molecule has 3 rings (SSSR count). The monoisotopic (exact) mass is 324 g/mol. The number of benzene rings is 2. The number of aryl methyl sites for hydroxylation is 1. The number of ether oxygens (including phenoxy) is 1. The van der Waals surface area contributed by atoms with E-state index in [4.69, 9.17) is 4.74 Å². The maximum absolute atomic E-state index is 12.9. The third kappa shape index (κ3) is 3.46. The molecule has 1 aliphatic heterocycles. The summed E-state index contributed by atoms with van der Waals surface area (Å²) < 4.78 is 5.41. The van der Waals surface area contributed by atoms with Crippen LogP contribution in [0.1, 0.15) is 15.9 Å². The first-order valence-corrected chi connectivity index (χ1v) is 8.01. The molecular weight excluding hydrogens is 304 g/mol. The van der Waals surface area contributed by atoms with E-state index in [0.717, 1.165) is 5.56 Å². The quantitative estimate of drug-likeness (QED) is 0.882. The first-order chi connectivity index (χ1) is 11.7. The second-order valence-corrected chi connectivity index (χ2v) is 5.77. The van der Waals surface area contributed by atoms with Crippen LogP contribution in [0.3, 0.4) is 0 Å². The molecule has 1 heterocycles. The molecule has 1 N–H and O–H groups in total. The van der Waals surface area contributed by atoms with E-state index in [2.05, 4.69) is 5.32 Å². The van der Waals surface area contributed by atoms with Gasteiger partial charge in [-0.1, -0.05) is 42.5 Å². The zero-order valence-corrected chi connectivity index (χ0v) is 13.6. The molecule has 1 fully saturated rings. The van der Waals surface area contributed by atoms with Crippen LogP contribution in [-0.4, -0.2) is 42.5 Å². The molecule has 24 heavy (non-hydrogen) atoms. The van der Waals surface area contributed by atoms with Gasteiger partial charge >= 0.3 is 6.09 Å². The highest BCUT2D eigenvalue weighted by Crippen LogP contribution is 2.17. The Balaban J connectivity index is 1.79. The van der Waals surface area contributed by atoms with Crippen LogP contribution in [0.2, 0.25) is 0 Å². The molecule has 5 nitrogen and oxygen atoms in total. The molecule has 1 saturated heterocycles. The molecule has 2 aromatic carbocycles. The zero-order chi connectivity index (χ0) is 16.9. The Bertz CT molecular complexity index is 730. The average Bonchev–Trinajstić information content (AvgIpc) is 2.62. The van der Waals surface area contributed by atoms with Crippen molar-refractivity contribution in [3.63, 3.8) is 0 Å². The number of rotatable bonds is 3. The van der Waals surface area contributed by atoms with Crippen molar-refractivity contribution in [1.29, 1.82) is 0 Å². The lowest BCUT2D eigenvalue weighted by molar-refractivity contribution is 0.0756. The summed E-state index contributed by atoms with van der Waals surface area (Å²) in [5.74, 6) is 0.411. The Morgan fingerprint density at radius 2 is 1.79 bits per heavy atom. The molecule has 0 radical (unpaired) electrons. The summed E-state index contributed by atoms with van der Waals surface area (Å²) >= 11 is 0. The average molecular weight is 324 g/mol. The Morgan fingerprint density at radius 3 is 2.54 bits per heavy atom. The van der Waals surface area contributed by atoms with Gasteiger partial charge in [-0.3, -0.25) is 9.69 Å². The zero-order valence-electron chi connectivity index (χ0n) is 13.6. The van der Waals surface area contributed by atoms with E-state index in [1.54, 1.807) is 30.3 Å². The van der Waals surface area contributed by atoms with Crippen LogP contribution in [0.5, 0.6) is 5.75 Å². The molecule has 124 valence electrons. The number of para-hydroxylation sites is 1. The molecular formula is C19H20N2O3. The summed E-state index contributed by atoms with van der Waals surface area (Å²) in [6.45, 7) is 3.41. The number of nitrogens with one attached hydrogen (secondary N) is 1. The van der Waals surface area contributed by atoms with Gasteiger partial charge in [0.15, 0.2) is 5.78 Å². The van der Waals surface area contributed by atoms with Crippen LogP contribution < -0.4 is 10.1 Å². The summed E-state index contributed by atoms with van der Waals surface area (Å²) in [5, 5.41) is 3.18. The van der Waals surface area contributed by atoms with E-state index in [1.807, 2.05) is 31.2 Å². The van der Waals surface area contributed by atoms with E-state index in [-0.39, 0.29) is 5.78 Å². The van der Waals surface area contributed by atoms with E-state index in [9.17, 15) is 9.59 Å². The van der Waals surface area contributed by atoms with Gasteiger partial charge in [0.1, 0.15) is 11.8 Å². The minimum Gasteiger partial charge on any atom is -0.410 e. The van der Waals surface area contributed by atoms with E-state index < -0.39 is 12.1 Å². The largest absolute Gasteiger partial charge is 0.415 e. The number of Topliss-reactive ketones (excluding diaryl/α,β-unsaturated/α-hetero) is 1. The van der Waals surface area contributed by atoms with Crippen molar-refractivity contribution in [1.82, 2.24) is 10.2 Å². The minimum absolute atomic E-state index is 0.0645. The second kappa shape index (κ2) is 7.27. The van der Waals surface area contributed by atoms with Gasteiger partial charge in [-0.2, -0.15) is 0 Å². The summed E-state index contributed by atoms with van der Waals surface area (Å²) in [6, 6.07) is 15.8. The molecule has 1 aliphatic rings. The molecule has 0 bridgehead atoms. The lowest BCUT2D eigenvalue weighted by Crippen LogP contribution is -2.57. The number of carbonyl (C=O) groups is 2. The standard InChI is InChI=1S/C19H20N2O3/c1-14-7-5-6-10-16(14)18(22)17-13-20-11-12-21(17)19(23)24-15-8-3-2-4-9-15/h2-10,17,20H,11-13H2,1H3. The van der Waals surface area contributed by atoms with E-state index in [1.165, 1.54) is 4.90 Å². The highest BCUT2D eigenvalue weighted by Gasteiger charge is 2.34. The van der Waals surface area contributed by atoms with Crippen LogP contribution in [0, 0.1) is 6.92 Å². The van der Waals surface area contributed by atoms with Crippen LogP contribution in [0.25, 0.3) is 0 Å². The maximum atomic E-state index is 12.9. The molecule has 1 unspecified atom stereocenters. The van der Waals surface area contributed by atoms with Crippen molar-refractivity contribution >= 4 is 11.9 Å². The van der Waals surface area contributed by atoms with Crippen LogP contribution in [-0.2, 0) is 0 Å². The summed E-state index contributed by atoms with van der Waals surface area (Å²) in [5.41, 5.74) is 1.55. The Hall–Kier alpha value is -2.66. The lowest BCUT2D eigenvalue weighted by Gasteiger charge is -2.34.